The van der Waals surface area contributed by atoms with Gasteiger partial charge in [0, 0.05) is 5.56 Å². The van der Waals surface area contributed by atoms with Gasteiger partial charge in [-0.1, -0.05) is 42.5 Å². The molecule has 5 rings (SSSR count). The molecule has 0 saturated carbocycles. The quantitative estimate of drug-likeness (QED) is 0.254. The summed E-state index contributed by atoms with van der Waals surface area (Å²) in [5.41, 5.74) is 2.36. The molecule has 2 atom stereocenters. The molecule has 13 heteroatoms. The van der Waals surface area contributed by atoms with Crippen molar-refractivity contribution in [1.82, 2.24) is 29.7 Å². The first-order valence-corrected chi connectivity index (χ1v) is 14.5. The van der Waals surface area contributed by atoms with E-state index >= 15 is 0 Å². The Morgan fingerprint density at radius 2 is 1.50 bits per heavy atom. The van der Waals surface area contributed by atoms with Gasteiger partial charge in [0.1, 0.15) is 34.7 Å². The van der Waals surface area contributed by atoms with Gasteiger partial charge in [0.25, 0.3) is 0 Å². The number of ether oxygens (including phenoxy) is 2. The highest BCUT2D eigenvalue weighted by atomic mass is 32.2. The zero-order chi connectivity index (χ0) is 29.9. The third kappa shape index (κ3) is 5.69. The fourth-order valence-corrected chi connectivity index (χ4v) is 5.71. The summed E-state index contributed by atoms with van der Waals surface area (Å²) in [6.07, 6.45) is 0.104. The van der Waals surface area contributed by atoms with E-state index in [4.69, 9.17) is 14.5 Å². The minimum absolute atomic E-state index is 0.0267. The van der Waals surface area contributed by atoms with Crippen LogP contribution in [-0.2, 0) is 15.6 Å². The number of aromatic nitrogens is 6. The molecule has 0 aliphatic rings. The van der Waals surface area contributed by atoms with Gasteiger partial charge in [0.05, 0.1) is 37.6 Å². The summed E-state index contributed by atoms with van der Waals surface area (Å²) in [7, 11) is -1.15. The van der Waals surface area contributed by atoms with Crippen molar-refractivity contribution < 1.29 is 27.4 Å². The lowest BCUT2D eigenvalue weighted by atomic mass is 10.1. The van der Waals surface area contributed by atoms with Crippen molar-refractivity contribution in [2.24, 2.45) is 0 Å². The number of hydrogen-bond acceptors (Lipinski definition) is 10. The molecule has 216 valence electrons. The Labute approximate surface area is 241 Å². The van der Waals surface area contributed by atoms with Gasteiger partial charge in [0.2, 0.25) is 0 Å². The standard InChI is InChI=1S/C29H27FN6O5S/c1-18(27(37)28-31-15-20(30)16-32-28)42(38,39)17-25-34-35-29(36(25)26-23(40-2)13-8-14-24(26)41-3)22-12-7-11-21(33-22)19-9-5-4-6-10-19/h4-16,18,27,37H,17H2,1-3H3/t18-,27-/m0/s1. The van der Waals surface area contributed by atoms with E-state index in [2.05, 4.69) is 20.2 Å². The molecule has 3 aromatic heterocycles. The van der Waals surface area contributed by atoms with Crippen molar-refractivity contribution in [3.63, 3.8) is 0 Å². The highest BCUT2D eigenvalue weighted by molar-refractivity contribution is 7.91. The number of hydrogen-bond donors (Lipinski definition) is 1. The van der Waals surface area contributed by atoms with Gasteiger partial charge in [-0.3, -0.25) is 4.57 Å². The Morgan fingerprint density at radius 1 is 0.881 bits per heavy atom. The molecule has 0 spiro atoms. The molecule has 0 fully saturated rings. The van der Waals surface area contributed by atoms with E-state index in [1.54, 1.807) is 24.3 Å². The Kier molecular flexibility index (Phi) is 8.22. The largest absolute Gasteiger partial charge is 0.494 e. The second kappa shape index (κ2) is 12.0. The normalized spacial score (nSPS) is 13.0. The molecular weight excluding hydrogens is 563 g/mol. The SMILES string of the molecule is COc1cccc(OC)c1-n1c(CS(=O)(=O)[C@@H](C)[C@H](O)c2ncc(F)cn2)nnc1-c1cccc(-c2ccccc2)n1. The van der Waals surface area contributed by atoms with Crippen LogP contribution in [0, 0.1) is 5.82 Å². The number of aliphatic hydroxyl groups excluding tert-OH is 1. The van der Waals surface area contributed by atoms with Gasteiger partial charge in [-0.2, -0.15) is 0 Å². The number of benzene rings is 2. The topological polar surface area (TPSA) is 142 Å². The van der Waals surface area contributed by atoms with Crippen molar-refractivity contribution in [2.75, 3.05) is 14.2 Å². The average Bonchev–Trinajstić information content (AvgIpc) is 3.42. The van der Waals surface area contributed by atoms with Crippen LogP contribution < -0.4 is 9.47 Å². The number of sulfone groups is 1. The molecule has 3 heterocycles. The molecule has 5 aromatic rings. The average molecular weight is 591 g/mol. The minimum Gasteiger partial charge on any atom is -0.494 e. The van der Waals surface area contributed by atoms with Crippen LogP contribution in [0.5, 0.6) is 11.5 Å². The molecule has 0 unspecified atom stereocenters. The van der Waals surface area contributed by atoms with Crippen molar-refractivity contribution in [3.8, 4) is 40.0 Å². The maximum Gasteiger partial charge on any atom is 0.187 e. The minimum atomic E-state index is -4.11. The number of halogens is 1. The molecule has 42 heavy (non-hydrogen) atoms. The smallest absolute Gasteiger partial charge is 0.187 e. The molecule has 0 saturated heterocycles. The van der Waals surface area contributed by atoms with Crippen LogP contribution in [0.25, 0.3) is 28.5 Å². The van der Waals surface area contributed by atoms with E-state index in [1.807, 2.05) is 42.5 Å². The van der Waals surface area contributed by atoms with Crippen LogP contribution in [0.2, 0.25) is 0 Å². The third-order valence-electron chi connectivity index (χ3n) is 6.65. The molecule has 2 aromatic carbocycles. The van der Waals surface area contributed by atoms with Crippen LogP contribution in [0.4, 0.5) is 4.39 Å². The number of nitrogens with zero attached hydrogens (tertiary/aromatic N) is 6. The van der Waals surface area contributed by atoms with Crippen LogP contribution in [0.15, 0.2) is 79.1 Å². The van der Waals surface area contributed by atoms with E-state index in [-0.39, 0.29) is 17.5 Å². The first-order valence-electron chi connectivity index (χ1n) is 12.8. The van der Waals surface area contributed by atoms with E-state index in [0.717, 1.165) is 18.0 Å². The lowest BCUT2D eigenvalue weighted by molar-refractivity contribution is 0.165. The number of aliphatic hydroxyl groups is 1. The number of methoxy groups -OCH3 is 2. The van der Waals surface area contributed by atoms with E-state index in [0.29, 0.717) is 28.6 Å². The second-order valence-electron chi connectivity index (χ2n) is 9.28. The fourth-order valence-electron chi connectivity index (χ4n) is 4.38. The molecule has 0 aliphatic heterocycles. The Morgan fingerprint density at radius 3 is 2.14 bits per heavy atom. The zero-order valence-corrected chi connectivity index (χ0v) is 23.7. The van der Waals surface area contributed by atoms with Gasteiger partial charge in [-0.05, 0) is 31.2 Å². The summed E-state index contributed by atoms with van der Waals surface area (Å²) in [5.74, 6) is -0.531. The predicted molar refractivity (Wildman–Crippen MR) is 152 cm³/mol. The molecule has 0 radical (unpaired) electrons. The maximum absolute atomic E-state index is 13.6. The highest BCUT2D eigenvalue weighted by Crippen LogP contribution is 2.37. The lowest BCUT2D eigenvalue weighted by Crippen LogP contribution is -2.29. The molecule has 0 amide bonds. The summed E-state index contributed by atoms with van der Waals surface area (Å²) in [6.45, 7) is 1.32. The molecule has 1 N–H and O–H groups in total. The Hall–Kier alpha value is -4.75. The lowest BCUT2D eigenvalue weighted by Gasteiger charge is -2.20. The highest BCUT2D eigenvalue weighted by Gasteiger charge is 2.34. The predicted octanol–water partition coefficient (Wildman–Crippen LogP) is 3.98. The van der Waals surface area contributed by atoms with Crippen molar-refractivity contribution in [3.05, 3.63) is 96.6 Å². The number of rotatable bonds is 10. The van der Waals surface area contributed by atoms with Gasteiger partial charge in [0.15, 0.2) is 33.1 Å². The van der Waals surface area contributed by atoms with Crippen LogP contribution in [-0.4, -0.2) is 62.7 Å². The monoisotopic (exact) mass is 590 g/mol. The number of pyridine rings is 1. The first-order chi connectivity index (χ1) is 20.2. The third-order valence-corrected chi connectivity index (χ3v) is 8.70. The molecule has 0 bridgehead atoms. The number of para-hydroxylation sites is 1. The zero-order valence-electron chi connectivity index (χ0n) is 22.9. The molecule has 11 nitrogen and oxygen atoms in total. The molecular formula is C29H27FN6O5S. The van der Waals surface area contributed by atoms with Gasteiger partial charge in [-0.25, -0.2) is 27.8 Å². The second-order valence-corrected chi connectivity index (χ2v) is 11.6. The first kappa shape index (κ1) is 28.8. The summed E-state index contributed by atoms with van der Waals surface area (Å²) in [6, 6.07) is 20.1. The van der Waals surface area contributed by atoms with Crippen molar-refractivity contribution in [2.45, 2.75) is 24.0 Å². The van der Waals surface area contributed by atoms with E-state index < -0.39 is 32.8 Å². The van der Waals surface area contributed by atoms with E-state index in [1.165, 1.54) is 25.7 Å². The summed E-state index contributed by atoms with van der Waals surface area (Å²) in [4.78, 5) is 12.3. The summed E-state index contributed by atoms with van der Waals surface area (Å²) < 4.78 is 53.3. The van der Waals surface area contributed by atoms with Gasteiger partial charge >= 0.3 is 0 Å². The fraction of sp³-hybridized carbons (Fsp3) is 0.207. The van der Waals surface area contributed by atoms with Crippen LogP contribution >= 0.6 is 0 Å². The van der Waals surface area contributed by atoms with E-state index in [9.17, 15) is 17.9 Å². The van der Waals surface area contributed by atoms with Gasteiger partial charge < -0.3 is 14.6 Å². The summed E-state index contributed by atoms with van der Waals surface area (Å²) in [5, 5.41) is 18.0. The summed E-state index contributed by atoms with van der Waals surface area (Å²) >= 11 is 0. The van der Waals surface area contributed by atoms with Crippen molar-refractivity contribution >= 4 is 9.84 Å². The van der Waals surface area contributed by atoms with Crippen LogP contribution in [0.3, 0.4) is 0 Å². The van der Waals surface area contributed by atoms with Gasteiger partial charge in [-0.15, -0.1) is 10.2 Å². The Balaban J connectivity index is 1.63. The van der Waals surface area contributed by atoms with Crippen LogP contribution in [0.1, 0.15) is 24.7 Å². The Bertz CT molecular complexity index is 1780. The van der Waals surface area contributed by atoms with Crippen molar-refractivity contribution in [1.29, 1.82) is 0 Å². The molecule has 0 aliphatic carbocycles. The maximum atomic E-state index is 13.6.